The van der Waals surface area contributed by atoms with Crippen LogP contribution in [-0.4, -0.2) is 20.4 Å². The van der Waals surface area contributed by atoms with Gasteiger partial charge in [-0.25, -0.2) is 9.83 Å². The SMILES string of the molecule is [C-]#[N+]c1cc(Cl)ccc1CSc1cc(N)nc2n[nH]nc12. The summed E-state index contributed by atoms with van der Waals surface area (Å²) in [6, 6.07) is 7.05. The van der Waals surface area contributed by atoms with E-state index in [4.69, 9.17) is 23.9 Å². The predicted molar refractivity (Wildman–Crippen MR) is 83.4 cm³/mol. The summed E-state index contributed by atoms with van der Waals surface area (Å²) in [6.07, 6.45) is 0. The molecule has 0 bridgehead atoms. The van der Waals surface area contributed by atoms with Crippen LogP contribution in [-0.2, 0) is 5.75 Å². The molecule has 0 atom stereocenters. The quantitative estimate of drug-likeness (QED) is 0.571. The first-order valence-corrected chi connectivity index (χ1v) is 7.29. The molecular formula is C13H9ClN6S. The maximum atomic E-state index is 7.20. The first kappa shape index (κ1) is 13.7. The average Bonchev–Trinajstić information content (AvgIpc) is 2.93. The Morgan fingerprint density at radius 1 is 1.33 bits per heavy atom. The van der Waals surface area contributed by atoms with Crippen molar-refractivity contribution in [2.75, 3.05) is 5.73 Å². The van der Waals surface area contributed by atoms with E-state index in [-0.39, 0.29) is 0 Å². The van der Waals surface area contributed by atoms with E-state index in [0.29, 0.717) is 33.4 Å². The van der Waals surface area contributed by atoms with Crippen LogP contribution in [0.1, 0.15) is 5.56 Å². The normalized spacial score (nSPS) is 10.7. The maximum absolute atomic E-state index is 7.20. The van der Waals surface area contributed by atoms with E-state index in [9.17, 15) is 0 Å². The molecule has 0 unspecified atom stereocenters. The monoisotopic (exact) mass is 316 g/mol. The second-order valence-corrected chi connectivity index (χ2v) is 5.67. The Hall–Kier alpha value is -2.30. The van der Waals surface area contributed by atoms with Gasteiger partial charge in [0.25, 0.3) is 0 Å². The van der Waals surface area contributed by atoms with Crippen molar-refractivity contribution in [1.82, 2.24) is 20.4 Å². The van der Waals surface area contributed by atoms with E-state index in [0.717, 1.165) is 10.5 Å². The molecule has 2 aromatic heterocycles. The van der Waals surface area contributed by atoms with Crippen LogP contribution >= 0.6 is 23.4 Å². The van der Waals surface area contributed by atoms with Gasteiger partial charge in [0.1, 0.15) is 11.3 Å². The molecule has 0 spiro atoms. The number of halogens is 1. The molecule has 0 amide bonds. The number of benzene rings is 1. The Morgan fingerprint density at radius 3 is 3.00 bits per heavy atom. The van der Waals surface area contributed by atoms with Gasteiger partial charge in [-0.3, -0.25) is 0 Å². The number of pyridine rings is 1. The highest BCUT2D eigenvalue weighted by Gasteiger charge is 2.10. The highest BCUT2D eigenvalue weighted by Crippen LogP contribution is 2.33. The number of anilines is 1. The van der Waals surface area contributed by atoms with Crippen LogP contribution in [0.25, 0.3) is 16.0 Å². The number of aromatic amines is 1. The molecule has 104 valence electrons. The van der Waals surface area contributed by atoms with E-state index < -0.39 is 0 Å². The molecule has 3 rings (SSSR count). The summed E-state index contributed by atoms with van der Waals surface area (Å²) >= 11 is 7.43. The van der Waals surface area contributed by atoms with E-state index in [1.54, 1.807) is 18.2 Å². The zero-order valence-corrected chi connectivity index (χ0v) is 12.2. The van der Waals surface area contributed by atoms with Crippen molar-refractivity contribution in [2.24, 2.45) is 0 Å². The predicted octanol–water partition coefficient (Wildman–Crippen LogP) is 3.43. The molecular weight excluding hydrogens is 308 g/mol. The van der Waals surface area contributed by atoms with Crippen LogP contribution in [0.5, 0.6) is 0 Å². The molecule has 0 fully saturated rings. The molecule has 2 heterocycles. The Kier molecular flexibility index (Phi) is 3.64. The van der Waals surface area contributed by atoms with Crippen molar-refractivity contribution < 1.29 is 0 Å². The number of nitrogen functional groups attached to an aromatic ring is 1. The third-order valence-electron chi connectivity index (χ3n) is 2.83. The lowest BCUT2D eigenvalue weighted by Crippen LogP contribution is -1.92. The van der Waals surface area contributed by atoms with Crippen molar-refractivity contribution in [3.8, 4) is 0 Å². The molecule has 0 radical (unpaired) electrons. The second kappa shape index (κ2) is 5.60. The fraction of sp³-hybridized carbons (Fsp3) is 0.0769. The van der Waals surface area contributed by atoms with E-state index in [2.05, 4.69) is 25.2 Å². The van der Waals surface area contributed by atoms with Gasteiger partial charge in [-0.05, 0) is 23.8 Å². The lowest BCUT2D eigenvalue weighted by molar-refractivity contribution is 0.953. The van der Waals surface area contributed by atoms with Gasteiger partial charge in [-0.15, -0.1) is 16.9 Å². The highest BCUT2D eigenvalue weighted by atomic mass is 35.5. The number of nitrogens with one attached hydrogen (secondary N) is 1. The fourth-order valence-electron chi connectivity index (χ4n) is 1.85. The van der Waals surface area contributed by atoms with Crippen LogP contribution < -0.4 is 5.73 Å². The van der Waals surface area contributed by atoms with Gasteiger partial charge in [0.05, 0.1) is 6.57 Å². The third kappa shape index (κ3) is 2.77. The molecule has 8 heteroatoms. The number of nitrogens with two attached hydrogens (primary N) is 1. The molecule has 0 aliphatic carbocycles. The van der Waals surface area contributed by atoms with Gasteiger partial charge in [-0.2, -0.15) is 10.3 Å². The molecule has 3 aromatic rings. The summed E-state index contributed by atoms with van der Waals surface area (Å²) in [4.78, 5) is 8.46. The summed E-state index contributed by atoms with van der Waals surface area (Å²) in [7, 11) is 0. The van der Waals surface area contributed by atoms with Crippen LogP contribution in [0.15, 0.2) is 29.2 Å². The Morgan fingerprint density at radius 2 is 2.19 bits per heavy atom. The second-order valence-electron chi connectivity index (χ2n) is 4.21. The van der Waals surface area contributed by atoms with Gasteiger partial charge in [0.15, 0.2) is 5.69 Å². The topological polar surface area (TPSA) is 84.8 Å². The van der Waals surface area contributed by atoms with Gasteiger partial charge in [-0.1, -0.05) is 17.7 Å². The number of nitrogens with zero attached hydrogens (tertiary/aromatic N) is 4. The van der Waals surface area contributed by atoms with Crippen LogP contribution in [0.2, 0.25) is 5.02 Å². The lowest BCUT2D eigenvalue weighted by atomic mass is 10.2. The average molecular weight is 317 g/mol. The van der Waals surface area contributed by atoms with E-state index >= 15 is 0 Å². The molecule has 0 saturated heterocycles. The number of H-pyrrole nitrogens is 1. The van der Waals surface area contributed by atoms with Gasteiger partial charge < -0.3 is 5.73 Å². The van der Waals surface area contributed by atoms with Crippen LogP contribution in [0.4, 0.5) is 11.5 Å². The van der Waals surface area contributed by atoms with E-state index in [1.807, 2.05) is 6.07 Å². The molecule has 0 aliphatic rings. The molecule has 6 nitrogen and oxygen atoms in total. The van der Waals surface area contributed by atoms with Crippen molar-refractivity contribution in [1.29, 1.82) is 0 Å². The molecule has 0 saturated carbocycles. The minimum absolute atomic E-state index is 0.389. The maximum Gasteiger partial charge on any atom is 0.204 e. The van der Waals surface area contributed by atoms with Crippen molar-refractivity contribution in [3.63, 3.8) is 0 Å². The van der Waals surface area contributed by atoms with Crippen molar-refractivity contribution >= 4 is 46.0 Å². The Labute approximate surface area is 129 Å². The summed E-state index contributed by atoms with van der Waals surface area (Å²) < 4.78 is 0. The third-order valence-corrected chi connectivity index (χ3v) is 4.14. The van der Waals surface area contributed by atoms with Gasteiger partial charge >= 0.3 is 0 Å². The van der Waals surface area contributed by atoms with Crippen molar-refractivity contribution in [2.45, 2.75) is 10.6 Å². The Balaban J connectivity index is 1.90. The zero-order valence-electron chi connectivity index (χ0n) is 10.7. The van der Waals surface area contributed by atoms with E-state index in [1.165, 1.54) is 11.8 Å². The zero-order chi connectivity index (χ0) is 14.8. The summed E-state index contributed by atoms with van der Waals surface area (Å²) in [5, 5.41) is 11.1. The molecule has 0 aliphatic heterocycles. The Bertz CT molecular complexity index is 853. The van der Waals surface area contributed by atoms with Crippen LogP contribution in [0, 0.1) is 6.57 Å². The lowest BCUT2D eigenvalue weighted by Gasteiger charge is -2.05. The number of fused-ring (bicyclic) bond motifs is 1. The molecule has 3 N–H and O–H groups in total. The number of thioether (sulfide) groups is 1. The fourth-order valence-corrected chi connectivity index (χ4v) is 3.05. The first-order valence-electron chi connectivity index (χ1n) is 5.93. The summed E-state index contributed by atoms with van der Waals surface area (Å²) in [6.45, 7) is 7.20. The minimum Gasteiger partial charge on any atom is -0.384 e. The highest BCUT2D eigenvalue weighted by molar-refractivity contribution is 7.98. The van der Waals surface area contributed by atoms with Gasteiger partial charge in [0, 0.05) is 15.7 Å². The summed E-state index contributed by atoms with van der Waals surface area (Å²) in [5.74, 6) is 1.00. The number of hydrogen-bond donors (Lipinski definition) is 2. The number of aromatic nitrogens is 4. The minimum atomic E-state index is 0.389. The largest absolute Gasteiger partial charge is 0.384 e. The summed E-state index contributed by atoms with van der Waals surface area (Å²) in [5.41, 5.74) is 8.37. The van der Waals surface area contributed by atoms with Gasteiger partial charge in [0.2, 0.25) is 5.65 Å². The first-order chi connectivity index (χ1) is 10.2. The molecule has 21 heavy (non-hydrogen) atoms. The van der Waals surface area contributed by atoms with Crippen LogP contribution in [0.3, 0.4) is 0 Å². The number of hydrogen-bond acceptors (Lipinski definition) is 5. The molecule has 1 aromatic carbocycles. The standard InChI is InChI=1S/C13H9ClN6S/c1-16-9-4-8(14)3-2-7(9)6-21-10-5-11(15)17-13-12(10)18-20-19-13/h2-5H,6H2,(H3,15,17,18,19,20). The van der Waals surface area contributed by atoms with Crippen molar-refractivity contribution in [3.05, 3.63) is 46.3 Å². The smallest absolute Gasteiger partial charge is 0.204 e. The number of rotatable bonds is 3.